The Balaban J connectivity index is 1.21. The highest BCUT2D eigenvalue weighted by molar-refractivity contribution is 7.89. The molecule has 3 nitrogen and oxygen atoms in total. The maximum atomic E-state index is 14.2. The predicted molar refractivity (Wildman–Crippen MR) is 229 cm³/mol. The van der Waals surface area contributed by atoms with Crippen LogP contribution in [0, 0.1) is 12.8 Å². The molecule has 0 aliphatic carbocycles. The molecular formula is C50H44NO2SSi. The van der Waals surface area contributed by atoms with Crippen LogP contribution in [0.4, 0.5) is 0 Å². The van der Waals surface area contributed by atoms with Crippen LogP contribution >= 0.6 is 0 Å². The first-order valence-corrected chi connectivity index (χ1v) is 22.1. The Bertz CT molecular complexity index is 2320. The van der Waals surface area contributed by atoms with E-state index in [2.05, 4.69) is 182 Å². The summed E-state index contributed by atoms with van der Waals surface area (Å²) < 4.78 is 30.1. The number of nitrogens with zero attached hydrogens (tertiary/aromatic N) is 1. The van der Waals surface area contributed by atoms with Crippen LogP contribution in [-0.2, 0) is 15.4 Å². The third-order valence-electron chi connectivity index (χ3n) is 11.0. The first-order valence-electron chi connectivity index (χ1n) is 18.9. The van der Waals surface area contributed by atoms with Crippen LogP contribution in [-0.4, -0.2) is 34.6 Å². The summed E-state index contributed by atoms with van der Waals surface area (Å²) in [5.41, 5.74) is 7.48. The van der Waals surface area contributed by atoms with Crippen LogP contribution in [0.3, 0.4) is 0 Å². The SMILES string of the molecule is Cc1ccc(S(=O)(=O)N2C/C(=C\c3ccc(C(c4ccccc4)(c4ccccc4)c4ccccc4)cc3)C(C[Si](c3ccccc3)c3ccccc3)C2)cc1. The van der Waals surface area contributed by atoms with Crippen molar-refractivity contribution in [1.29, 1.82) is 0 Å². The molecular weight excluding hydrogens is 707 g/mol. The summed E-state index contributed by atoms with van der Waals surface area (Å²) >= 11 is 0. The van der Waals surface area contributed by atoms with Crippen LogP contribution < -0.4 is 10.4 Å². The summed E-state index contributed by atoms with van der Waals surface area (Å²) in [6.45, 7) is 2.80. The van der Waals surface area contributed by atoms with Gasteiger partial charge in [0, 0.05) is 13.1 Å². The number of hydrogen-bond donors (Lipinski definition) is 0. The molecule has 0 amide bonds. The lowest BCUT2D eigenvalue weighted by atomic mass is 9.65. The van der Waals surface area contributed by atoms with E-state index in [0.717, 1.165) is 22.7 Å². The predicted octanol–water partition coefficient (Wildman–Crippen LogP) is 9.39. The molecule has 1 atom stereocenters. The van der Waals surface area contributed by atoms with E-state index in [9.17, 15) is 8.42 Å². The van der Waals surface area contributed by atoms with Gasteiger partial charge in [0.1, 0.15) is 8.80 Å². The molecule has 0 spiro atoms. The molecule has 0 bridgehead atoms. The Labute approximate surface area is 327 Å². The summed E-state index contributed by atoms with van der Waals surface area (Å²) in [5, 5.41) is 2.67. The highest BCUT2D eigenvalue weighted by Gasteiger charge is 2.39. The van der Waals surface area contributed by atoms with Crippen LogP contribution in [0.1, 0.15) is 33.4 Å². The highest BCUT2D eigenvalue weighted by Crippen LogP contribution is 2.45. The molecule has 1 heterocycles. The van der Waals surface area contributed by atoms with Gasteiger partial charge in [0.25, 0.3) is 0 Å². The van der Waals surface area contributed by atoms with Gasteiger partial charge in [-0.1, -0.05) is 216 Å². The topological polar surface area (TPSA) is 37.4 Å². The van der Waals surface area contributed by atoms with Crippen LogP contribution in [0.15, 0.2) is 211 Å². The average Bonchev–Trinajstić information content (AvgIpc) is 3.65. The van der Waals surface area contributed by atoms with Gasteiger partial charge in [-0.3, -0.25) is 0 Å². The standard InChI is InChI=1S/C50H44NO2SSi/c1-39-27-33-47(34-28-39)54(52,53)51-36-41(42(37-51)38-55(48-23-13-5-14-24-48)49-25-15-6-16-26-49)35-40-29-31-46(32-30-40)50(43-17-7-2-8-18-43,44-19-9-3-10-20-44)45-21-11-4-12-22-45/h2-35,42H,36-38H2,1H3/b41-35+. The van der Waals surface area contributed by atoms with Crippen molar-refractivity contribution in [2.75, 3.05) is 13.1 Å². The summed E-state index contributed by atoms with van der Waals surface area (Å²) in [4.78, 5) is 0.346. The first-order chi connectivity index (χ1) is 26.9. The van der Waals surface area contributed by atoms with E-state index >= 15 is 0 Å². The molecule has 271 valence electrons. The Morgan fingerprint density at radius 3 is 1.44 bits per heavy atom. The number of sulfonamides is 1. The fourth-order valence-electron chi connectivity index (χ4n) is 8.20. The molecule has 0 N–H and O–H groups in total. The zero-order chi connectivity index (χ0) is 37.7. The van der Waals surface area contributed by atoms with Gasteiger partial charge in [0.2, 0.25) is 10.0 Å². The van der Waals surface area contributed by atoms with E-state index in [4.69, 9.17) is 0 Å². The molecule has 1 saturated heterocycles. The monoisotopic (exact) mass is 750 g/mol. The third-order valence-corrected chi connectivity index (χ3v) is 15.8. The molecule has 1 radical (unpaired) electrons. The van der Waals surface area contributed by atoms with Gasteiger partial charge >= 0.3 is 0 Å². The Morgan fingerprint density at radius 1 is 0.564 bits per heavy atom. The summed E-state index contributed by atoms with van der Waals surface area (Å²) in [6.07, 6.45) is 2.25. The van der Waals surface area contributed by atoms with Crippen LogP contribution in [0.25, 0.3) is 6.08 Å². The largest absolute Gasteiger partial charge is 0.243 e. The van der Waals surface area contributed by atoms with Crippen molar-refractivity contribution < 1.29 is 8.42 Å². The van der Waals surface area contributed by atoms with Gasteiger partial charge in [0.05, 0.1) is 10.3 Å². The summed E-state index contributed by atoms with van der Waals surface area (Å²) in [7, 11) is -4.92. The van der Waals surface area contributed by atoms with E-state index in [0.29, 0.717) is 18.0 Å². The average molecular weight is 751 g/mol. The number of aryl methyl sites for hydroxylation is 1. The lowest BCUT2D eigenvalue weighted by Crippen LogP contribution is -2.43. The third kappa shape index (κ3) is 7.44. The molecule has 55 heavy (non-hydrogen) atoms. The Kier molecular flexibility index (Phi) is 10.6. The second-order valence-corrected chi connectivity index (χ2v) is 18.9. The van der Waals surface area contributed by atoms with Crippen molar-refractivity contribution in [2.45, 2.75) is 23.3 Å². The van der Waals surface area contributed by atoms with E-state index in [1.165, 1.54) is 32.6 Å². The van der Waals surface area contributed by atoms with Gasteiger partial charge in [-0.05, 0) is 58.8 Å². The van der Waals surface area contributed by atoms with Crippen molar-refractivity contribution in [1.82, 2.24) is 4.31 Å². The minimum atomic E-state index is -3.69. The molecule has 1 fully saturated rings. The summed E-state index contributed by atoms with van der Waals surface area (Å²) in [5.74, 6) is 0.0613. The van der Waals surface area contributed by atoms with Crippen molar-refractivity contribution in [3.63, 3.8) is 0 Å². The molecule has 0 aromatic heterocycles. The van der Waals surface area contributed by atoms with Crippen molar-refractivity contribution in [3.8, 4) is 0 Å². The van der Waals surface area contributed by atoms with Crippen molar-refractivity contribution in [3.05, 3.63) is 239 Å². The smallest absolute Gasteiger partial charge is 0.207 e. The quantitative estimate of drug-likeness (QED) is 0.0977. The fourth-order valence-corrected chi connectivity index (χ4v) is 12.5. The Morgan fingerprint density at radius 2 is 0.982 bits per heavy atom. The number of benzene rings is 7. The lowest BCUT2D eigenvalue weighted by Gasteiger charge is -2.37. The zero-order valence-corrected chi connectivity index (χ0v) is 32.8. The van der Waals surface area contributed by atoms with Gasteiger partial charge in [-0.2, -0.15) is 4.31 Å². The minimum absolute atomic E-state index is 0.0613. The van der Waals surface area contributed by atoms with E-state index in [-0.39, 0.29) is 5.92 Å². The van der Waals surface area contributed by atoms with Gasteiger partial charge < -0.3 is 0 Å². The maximum absolute atomic E-state index is 14.2. The fraction of sp³-hybridized carbons (Fsp3) is 0.120. The zero-order valence-electron chi connectivity index (χ0n) is 31.0. The van der Waals surface area contributed by atoms with Gasteiger partial charge in [-0.15, -0.1) is 0 Å². The number of rotatable bonds is 11. The minimum Gasteiger partial charge on any atom is -0.207 e. The Hall–Kier alpha value is -5.59. The van der Waals surface area contributed by atoms with Crippen molar-refractivity contribution in [2.24, 2.45) is 5.92 Å². The van der Waals surface area contributed by atoms with E-state index < -0.39 is 24.2 Å². The second-order valence-electron chi connectivity index (χ2n) is 14.4. The van der Waals surface area contributed by atoms with E-state index in [1.54, 1.807) is 16.4 Å². The summed E-state index contributed by atoms with van der Waals surface area (Å²) in [6, 6.07) is 70.8. The molecule has 7 aromatic carbocycles. The highest BCUT2D eigenvalue weighted by atomic mass is 32.2. The molecule has 0 saturated carbocycles. The first kappa shape index (κ1) is 36.4. The number of hydrogen-bond acceptors (Lipinski definition) is 2. The molecule has 1 unspecified atom stereocenters. The molecule has 8 rings (SSSR count). The van der Waals surface area contributed by atoms with Crippen LogP contribution in [0.2, 0.25) is 6.04 Å². The van der Waals surface area contributed by atoms with E-state index in [1.807, 2.05) is 19.1 Å². The molecule has 7 aromatic rings. The van der Waals surface area contributed by atoms with Crippen LogP contribution in [0.5, 0.6) is 0 Å². The second kappa shape index (κ2) is 16.0. The molecule has 1 aliphatic rings. The maximum Gasteiger partial charge on any atom is 0.243 e. The molecule has 1 aliphatic heterocycles. The normalized spacial score (nSPS) is 15.7. The van der Waals surface area contributed by atoms with Crippen molar-refractivity contribution >= 4 is 35.3 Å². The van der Waals surface area contributed by atoms with Gasteiger partial charge in [-0.25, -0.2) is 8.42 Å². The lowest BCUT2D eigenvalue weighted by molar-refractivity contribution is 0.464. The molecule has 5 heteroatoms. The van der Waals surface area contributed by atoms with Gasteiger partial charge in [0.15, 0.2) is 0 Å².